The van der Waals surface area contributed by atoms with Crippen LogP contribution in [-0.4, -0.2) is 28.7 Å². The summed E-state index contributed by atoms with van der Waals surface area (Å²) in [6.07, 6.45) is 1.99. The fourth-order valence-corrected chi connectivity index (χ4v) is 1.23. The van der Waals surface area contributed by atoms with E-state index in [-0.39, 0.29) is 5.54 Å². The molecule has 0 saturated carbocycles. The standard InChI is InChI=1S/C11H22N2O3/c1-5-8(9(14)15)12-10(16)13-11(4,6-2)7-3/h8H,5-7H2,1-4H3,(H,14,15)(H2,12,13,16). The lowest BCUT2D eigenvalue weighted by Crippen LogP contribution is -2.53. The predicted octanol–water partition coefficient (Wildman–Crippen LogP) is 1.73. The van der Waals surface area contributed by atoms with Gasteiger partial charge in [-0.15, -0.1) is 0 Å². The molecule has 0 aliphatic heterocycles. The lowest BCUT2D eigenvalue weighted by atomic mass is 9.96. The first-order valence-electron chi connectivity index (χ1n) is 5.70. The van der Waals surface area contributed by atoms with Crippen LogP contribution in [0.25, 0.3) is 0 Å². The second-order valence-electron chi connectivity index (χ2n) is 4.17. The molecular weight excluding hydrogens is 208 g/mol. The van der Waals surface area contributed by atoms with E-state index in [1.165, 1.54) is 0 Å². The molecule has 0 radical (unpaired) electrons. The number of carboxylic acids is 1. The van der Waals surface area contributed by atoms with Crippen LogP contribution in [0.1, 0.15) is 47.0 Å². The largest absolute Gasteiger partial charge is 0.480 e. The summed E-state index contributed by atoms with van der Waals surface area (Å²) in [5, 5.41) is 14.0. The van der Waals surface area contributed by atoms with Gasteiger partial charge < -0.3 is 15.7 Å². The molecule has 3 N–H and O–H groups in total. The maximum absolute atomic E-state index is 11.6. The molecule has 1 atom stereocenters. The first-order chi connectivity index (χ1) is 7.38. The Morgan fingerprint density at radius 1 is 1.25 bits per heavy atom. The van der Waals surface area contributed by atoms with Gasteiger partial charge in [-0.05, 0) is 26.2 Å². The molecule has 94 valence electrons. The van der Waals surface area contributed by atoms with E-state index < -0.39 is 18.0 Å². The Balaban J connectivity index is 4.31. The quantitative estimate of drug-likeness (QED) is 0.650. The van der Waals surface area contributed by atoms with E-state index in [4.69, 9.17) is 5.11 Å². The molecule has 0 aromatic carbocycles. The maximum atomic E-state index is 11.6. The summed E-state index contributed by atoms with van der Waals surface area (Å²) in [7, 11) is 0. The Hall–Kier alpha value is -1.26. The van der Waals surface area contributed by atoms with Gasteiger partial charge in [0, 0.05) is 5.54 Å². The molecule has 0 aromatic rings. The first-order valence-corrected chi connectivity index (χ1v) is 5.70. The van der Waals surface area contributed by atoms with E-state index in [0.717, 1.165) is 12.8 Å². The molecule has 16 heavy (non-hydrogen) atoms. The van der Waals surface area contributed by atoms with Gasteiger partial charge in [-0.1, -0.05) is 20.8 Å². The van der Waals surface area contributed by atoms with E-state index >= 15 is 0 Å². The van der Waals surface area contributed by atoms with E-state index in [9.17, 15) is 9.59 Å². The van der Waals surface area contributed by atoms with Crippen molar-refractivity contribution < 1.29 is 14.7 Å². The fraction of sp³-hybridized carbons (Fsp3) is 0.818. The third-order valence-corrected chi connectivity index (χ3v) is 2.99. The molecule has 0 heterocycles. The van der Waals surface area contributed by atoms with E-state index in [2.05, 4.69) is 10.6 Å². The zero-order chi connectivity index (χ0) is 12.8. The van der Waals surface area contributed by atoms with Gasteiger partial charge in [0.2, 0.25) is 0 Å². The summed E-state index contributed by atoms with van der Waals surface area (Å²) in [6, 6.07) is -1.24. The third-order valence-electron chi connectivity index (χ3n) is 2.99. The van der Waals surface area contributed by atoms with Crippen LogP contribution in [0.3, 0.4) is 0 Å². The van der Waals surface area contributed by atoms with Gasteiger partial charge in [0.1, 0.15) is 6.04 Å². The first kappa shape index (κ1) is 14.7. The molecular formula is C11H22N2O3. The normalized spacial score (nSPS) is 13.0. The molecule has 2 amide bonds. The molecule has 0 rings (SSSR count). The molecule has 1 unspecified atom stereocenters. The highest BCUT2D eigenvalue weighted by Crippen LogP contribution is 2.13. The van der Waals surface area contributed by atoms with Crippen LogP contribution >= 0.6 is 0 Å². The van der Waals surface area contributed by atoms with Gasteiger partial charge in [0.15, 0.2) is 0 Å². The van der Waals surface area contributed by atoms with Crippen molar-refractivity contribution in [3.63, 3.8) is 0 Å². The Labute approximate surface area is 96.6 Å². The van der Waals surface area contributed by atoms with Crippen molar-refractivity contribution >= 4 is 12.0 Å². The number of carbonyl (C=O) groups is 2. The smallest absolute Gasteiger partial charge is 0.326 e. The maximum Gasteiger partial charge on any atom is 0.326 e. The Morgan fingerprint density at radius 2 is 1.75 bits per heavy atom. The summed E-state index contributed by atoms with van der Waals surface area (Å²) in [5.74, 6) is -1.01. The average Bonchev–Trinajstić information content (AvgIpc) is 2.25. The summed E-state index contributed by atoms with van der Waals surface area (Å²) < 4.78 is 0. The monoisotopic (exact) mass is 230 g/mol. The SMILES string of the molecule is CCC(NC(=O)NC(C)(CC)CC)C(=O)O. The molecule has 0 aromatic heterocycles. The second-order valence-corrected chi connectivity index (χ2v) is 4.17. The minimum atomic E-state index is -1.01. The number of amides is 2. The number of carbonyl (C=O) groups excluding carboxylic acids is 1. The van der Waals surface area contributed by atoms with Crippen LogP contribution in [-0.2, 0) is 4.79 Å². The highest BCUT2D eigenvalue weighted by Gasteiger charge is 2.24. The number of rotatable bonds is 6. The summed E-state index contributed by atoms with van der Waals surface area (Å²) in [4.78, 5) is 22.3. The van der Waals surface area contributed by atoms with E-state index in [1.807, 2.05) is 20.8 Å². The van der Waals surface area contributed by atoms with Crippen molar-refractivity contribution in [2.75, 3.05) is 0 Å². The van der Waals surface area contributed by atoms with Crippen molar-refractivity contribution in [1.82, 2.24) is 10.6 Å². The molecule has 0 fully saturated rings. The average molecular weight is 230 g/mol. The zero-order valence-electron chi connectivity index (χ0n) is 10.5. The third kappa shape index (κ3) is 4.51. The lowest BCUT2D eigenvalue weighted by molar-refractivity contribution is -0.139. The highest BCUT2D eigenvalue weighted by atomic mass is 16.4. The van der Waals surface area contributed by atoms with Gasteiger partial charge >= 0.3 is 12.0 Å². The van der Waals surface area contributed by atoms with Crippen molar-refractivity contribution in [3.8, 4) is 0 Å². The Kier molecular flexibility index (Phi) is 5.85. The topological polar surface area (TPSA) is 78.4 Å². The molecule has 0 spiro atoms. The van der Waals surface area contributed by atoms with Crippen LogP contribution in [0.5, 0.6) is 0 Å². The van der Waals surface area contributed by atoms with Crippen molar-refractivity contribution in [1.29, 1.82) is 0 Å². The Bertz CT molecular complexity index is 250. The van der Waals surface area contributed by atoms with Crippen LogP contribution in [0, 0.1) is 0 Å². The van der Waals surface area contributed by atoms with Gasteiger partial charge in [-0.2, -0.15) is 0 Å². The van der Waals surface area contributed by atoms with Crippen LogP contribution in [0.4, 0.5) is 4.79 Å². The number of nitrogens with one attached hydrogen (secondary N) is 2. The molecule has 0 saturated heterocycles. The summed E-state index contributed by atoms with van der Waals surface area (Å²) in [5.41, 5.74) is -0.277. The molecule has 5 heteroatoms. The van der Waals surface area contributed by atoms with Gasteiger partial charge in [0.05, 0.1) is 0 Å². The number of hydrogen-bond acceptors (Lipinski definition) is 2. The minimum Gasteiger partial charge on any atom is -0.480 e. The van der Waals surface area contributed by atoms with Crippen LogP contribution in [0.15, 0.2) is 0 Å². The predicted molar refractivity (Wildman–Crippen MR) is 62.4 cm³/mol. The van der Waals surface area contributed by atoms with Crippen molar-refractivity contribution in [3.05, 3.63) is 0 Å². The van der Waals surface area contributed by atoms with Crippen LogP contribution in [0.2, 0.25) is 0 Å². The van der Waals surface area contributed by atoms with Crippen molar-refractivity contribution in [2.45, 2.75) is 58.5 Å². The number of carboxylic acid groups (broad SMARTS) is 1. The van der Waals surface area contributed by atoms with E-state index in [1.54, 1.807) is 6.92 Å². The fourth-order valence-electron chi connectivity index (χ4n) is 1.23. The van der Waals surface area contributed by atoms with Crippen molar-refractivity contribution in [2.24, 2.45) is 0 Å². The molecule has 0 aliphatic carbocycles. The van der Waals surface area contributed by atoms with E-state index in [0.29, 0.717) is 6.42 Å². The number of aliphatic carboxylic acids is 1. The lowest BCUT2D eigenvalue weighted by Gasteiger charge is -2.29. The van der Waals surface area contributed by atoms with Gasteiger partial charge in [-0.25, -0.2) is 9.59 Å². The Morgan fingerprint density at radius 3 is 2.06 bits per heavy atom. The summed E-state index contributed by atoms with van der Waals surface area (Å²) >= 11 is 0. The zero-order valence-corrected chi connectivity index (χ0v) is 10.5. The second kappa shape index (κ2) is 6.35. The molecule has 5 nitrogen and oxygen atoms in total. The van der Waals surface area contributed by atoms with Gasteiger partial charge in [0.25, 0.3) is 0 Å². The summed E-state index contributed by atoms with van der Waals surface area (Å²) in [6.45, 7) is 7.63. The molecule has 0 bridgehead atoms. The minimum absolute atomic E-state index is 0.277. The number of hydrogen-bond donors (Lipinski definition) is 3. The van der Waals surface area contributed by atoms with Crippen LogP contribution < -0.4 is 10.6 Å². The molecule has 0 aliphatic rings. The van der Waals surface area contributed by atoms with Gasteiger partial charge in [-0.3, -0.25) is 0 Å². The number of urea groups is 1. The highest BCUT2D eigenvalue weighted by molar-refractivity contribution is 5.82.